The molecule has 0 saturated carbocycles. The van der Waals surface area contributed by atoms with Gasteiger partial charge in [0.1, 0.15) is 17.3 Å². The van der Waals surface area contributed by atoms with Crippen LogP contribution in [0.15, 0.2) is 140 Å². The maximum atomic E-state index is 14.1. The summed E-state index contributed by atoms with van der Waals surface area (Å²) in [6.45, 7) is 0. The van der Waals surface area contributed by atoms with E-state index in [2.05, 4.69) is 47.7 Å². The normalized spacial score (nSPS) is 14.9. The zero-order valence-electron chi connectivity index (χ0n) is 29.5. The van der Waals surface area contributed by atoms with Crippen LogP contribution in [0.25, 0.3) is 67.1 Å². The molecule has 4 N–H and O–H groups in total. The van der Waals surface area contributed by atoms with Crippen molar-refractivity contribution in [2.24, 2.45) is 0 Å². The van der Waals surface area contributed by atoms with Crippen LogP contribution in [0, 0.1) is 0 Å². The summed E-state index contributed by atoms with van der Waals surface area (Å²) in [5.74, 6) is 0.737. The highest BCUT2D eigenvalue weighted by Gasteiger charge is 2.34. The first-order valence-electron chi connectivity index (χ1n) is 18.2. The molecule has 0 spiro atoms. The van der Waals surface area contributed by atoms with E-state index in [9.17, 15) is 9.59 Å². The highest BCUT2D eigenvalue weighted by molar-refractivity contribution is 6.01. The fraction of sp³-hybridized carbons (Fsp3) is 0.0444. The monoisotopic (exact) mass is 727 g/mol. The number of nitrogens with zero attached hydrogens (tertiary/aromatic N) is 5. The van der Waals surface area contributed by atoms with Crippen molar-refractivity contribution < 1.29 is 9.59 Å². The molecule has 0 fully saturated rings. The number of hydrogen-bond acceptors (Lipinski definition) is 7. The fourth-order valence-electron chi connectivity index (χ4n) is 8.30. The van der Waals surface area contributed by atoms with Gasteiger partial charge in [0.05, 0.1) is 46.5 Å². The lowest BCUT2D eigenvalue weighted by atomic mass is 9.98. The topological polar surface area (TPSA) is 154 Å². The summed E-state index contributed by atoms with van der Waals surface area (Å²) in [5, 5.41) is 6.48. The summed E-state index contributed by atoms with van der Waals surface area (Å²) < 4.78 is 0. The maximum Gasteiger partial charge on any atom is 0.270 e. The van der Waals surface area contributed by atoms with Crippen molar-refractivity contribution in [1.29, 1.82) is 0 Å². The summed E-state index contributed by atoms with van der Waals surface area (Å²) in [6.07, 6.45) is 8.47. The number of aromatic amines is 2. The molecule has 0 radical (unpaired) electrons. The highest BCUT2D eigenvalue weighted by atomic mass is 16.2. The van der Waals surface area contributed by atoms with Gasteiger partial charge in [-0.2, -0.15) is 0 Å². The highest BCUT2D eigenvalue weighted by Crippen LogP contribution is 2.49. The average Bonchev–Trinajstić information content (AvgIpc) is 4.03. The number of amides is 2. The van der Waals surface area contributed by atoms with E-state index in [0.29, 0.717) is 5.56 Å². The van der Waals surface area contributed by atoms with Gasteiger partial charge in [-0.3, -0.25) is 24.5 Å². The Morgan fingerprint density at radius 2 is 1.02 bits per heavy atom. The molecule has 2 atom stereocenters. The second-order valence-corrected chi connectivity index (χ2v) is 13.9. The van der Waals surface area contributed by atoms with Crippen LogP contribution < -0.4 is 10.6 Å². The SMILES string of the molecule is O=C(N[C@@H]1c2ccccc2-c2c(-c3nc4ccncc4[nH]3)cccc21)c1ccnc(C(=O)N[C@@H]2c3ccccc3-c3c(-c4nc5ccncc5[nH]4)cccc32)c1. The molecule has 266 valence electrons. The number of carbonyl (C=O) groups excluding carboxylic acids is 2. The Bertz CT molecular complexity index is 2810. The van der Waals surface area contributed by atoms with Gasteiger partial charge in [0.15, 0.2) is 0 Å². The van der Waals surface area contributed by atoms with Gasteiger partial charge in [0, 0.05) is 35.3 Å². The van der Waals surface area contributed by atoms with Crippen LogP contribution in [-0.2, 0) is 0 Å². The minimum absolute atomic E-state index is 0.137. The Balaban J connectivity index is 0.893. The van der Waals surface area contributed by atoms with E-state index in [1.165, 1.54) is 6.20 Å². The van der Waals surface area contributed by atoms with E-state index in [4.69, 9.17) is 9.97 Å². The molecule has 4 aromatic carbocycles. The molecule has 2 aliphatic rings. The molecule has 11 heteroatoms. The standard InChI is InChI=1S/C45H29N9O2/c55-44(53-40-27-9-3-1-7-25(27)38-29(40)11-5-13-31(38)42-49-33-16-18-46-22-36(33)51-42)24-15-20-48-35(21-24)45(56)54-41-28-10-4-2-8-26(28)39-30(41)12-6-14-32(39)43-50-34-17-19-47-23-37(34)52-43/h1-23,40-41H,(H,49,51)(H,50,52)(H,53,55)(H,54,56)/t40-,41-/m1/s1. The Morgan fingerprint density at radius 1 is 0.518 bits per heavy atom. The first-order valence-corrected chi connectivity index (χ1v) is 18.2. The fourth-order valence-corrected chi connectivity index (χ4v) is 8.30. The Hall–Kier alpha value is -7.79. The van der Waals surface area contributed by atoms with Crippen molar-refractivity contribution in [3.05, 3.63) is 174 Å². The van der Waals surface area contributed by atoms with Gasteiger partial charge in [-0.05, 0) is 68.8 Å². The van der Waals surface area contributed by atoms with Crippen molar-refractivity contribution in [2.75, 3.05) is 0 Å². The average molecular weight is 728 g/mol. The second-order valence-electron chi connectivity index (χ2n) is 13.9. The minimum atomic E-state index is -0.442. The van der Waals surface area contributed by atoms with E-state index >= 15 is 0 Å². The number of imidazole rings is 2. The maximum absolute atomic E-state index is 14.1. The van der Waals surface area contributed by atoms with Crippen LogP contribution >= 0.6 is 0 Å². The van der Waals surface area contributed by atoms with E-state index in [0.717, 1.165) is 89.4 Å². The molecule has 2 amide bonds. The number of H-pyrrole nitrogens is 2. The number of aromatic nitrogens is 7. The van der Waals surface area contributed by atoms with Crippen molar-refractivity contribution in [1.82, 2.24) is 45.5 Å². The number of carbonyl (C=O) groups is 2. The minimum Gasteiger partial charge on any atom is -0.341 e. The molecule has 0 aliphatic heterocycles. The third-order valence-corrected chi connectivity index (χ3v) is 10.8. The predicted molar refractivity (Wildman–Crippen MR) is 212 cm³/mol. The zero-order chi connectivity index (χ0) is 37.3. The Kier molecular flexibility index (Phi) is 7.01. The largest absolute Gasteiger partial charge is 0.341 e. The molecule has 0 bridgehead atoms. The number of pyridine rings is 3. The third-order valence-electron chi connectivity index (χ3n) is 10.8. The number of nitrogens with one attached hydrogen (secondary N) is 4. The molecule has 11 rings (SSSR count). The van der Waals surface area contributed by atoms with Crippen molar-refractivity contribution in [2.45, 2.75) is 12.1 Å². The van der Waals surface area contributed by atoms with E-state index in [1.807, 2.05) is 84.9 Å². The Morgan fingerprint density at radius 3 is 1.57 bits per heavy atom. The molecular formula is C45H29N9O2. The molecule has 5 aromatic heterocycles. The van der Waals surface area contributed by atoms with Crippen LogP contribution in [0.2, 0.25) is 0 Å². The smallest absolute Gasteiger partial charge is 0.270 e. The second kappa shape index (κ2) is 12.4. The predicted octanol–water partition coefficient (Wildman–Crippen LogP) is 7.96. The molecular weight excluding hydrogens is 699 g/mol. The van der Waals surface area contributed by atoms with Crippen molar-refractivity contribution in [3.8, 4) is 45.0 Å². The van der Waals surface area contributed by atoms with Crippen LogP contribution in [-0.4, -0.2) is 46.7 Å². The quantitative estimate of drug-likeness (QED) is 0.136. The first-order chi connectivity index (χ1) is 27.6. The number of fused-ring (bicyclic) bond motifs is 8. The molecule has 11 nitrogen and oxygen atoms in total. The van der Waals surface area contributed by atoms with Crippen molar-refractivity contribution >= 4 is 33.9 Å². The van der Waals surface area contributed by atoms with Crippen molar-refractivity contribution in [3.63, 3.8) is 0 Å². The van der Waals surface area contributed by atoms with E-state index in [1.54, 1.807) is 36.9 Å². The van der Waals surface area contributed by atoms with Gasteiger partial charge in [-0.1, -0.05) is 84.9 Å². The number of hydrogen-bond donors (Lipinski definition) is 4. The lowest BCUT2D eigenvalue weighted by Gasteiger charge is -2.17. The molecule has 5 heterocycles. The van der Waals surface area contributed by atoms with Gasteiger partial charge in [0.25, 0.3) is 11.8 Å². The Labute approximate surface area is 319 Å². The van der Waals surface area contributed by atoms with Gasteiger partial charge in [0.2, 0.25) is 0 Å². The molecule has 2 aliphatic carbocycles. The summed E-state index contributed by atoms with van der Waals surface area (Å²) >= 11 is 0. The van der Waals surface area contributed by atoms with Gasteiger partial charge in [-0.25, -0.2) is 9.97 Å². The van der Waals surface area contributed by atoms with Crippen LogP contribution in [0.4, 0.5) is 0 Å². The van der Waals surface area contributed by atoms with Crippen LogP contribution in [0.5, 0.6) is 0 Å². The van der Waals surface area contributed by atoms with Crippen LogP contribution in [0.1, 0.15) is 55.2 Å². The molecule has 56 heavy (non-hydrogen) atoms. The van der Waals surface area contributed by atoms with E-state index < -0.39 is 18.0 Å². The summed E-state index contributed by atoms with van der Waals surface area (Å²) in [4.78, 5) is 57.5. The lowest BCUT2D eigenvalue weighted by molar-refractivity contribution is 0.0938. The summed E-state index contributed by atoms with van der Waals surface area (Å²) in [5.41, 5.74) is 13.6. The van der Waals surface area contributed by atoms with E-state index in [-0.39, 0.29) is 11.6 Å². The zero-order valence-corrected chi connectivity index (χ0v) is 29.5. The number of benzene rings is 4. The molecule has 9 aromatic rings. The third kappa shape index (κ3) is 4.94. The first kappa shape index (κ1) is 31.7. The summed E-state index contributed by atoms with van der Waals surface area (Å²) in [6, 6.07) is 34.3. The number of rotatable bonds is 6. The molecule has 0 unspecified atom stereocenters. The summed E-state index contributed by atoms with van der Waals surface area (Å²) in [7, 11) is 0. The molecule has 0 saturated heterocycles. The van der Waals surface area contributed by atoms with Crippen LogP contribution in [0.3, 0.4) is 0 Å². The van der Waals surface area contributed by atoms with Gasteiger partial charge in [-0.15, -0.1) is 0 Å². The lowest BCUT2D eigenvalue weighted by Crippen LogP contribution is -2.30. The van der Waals surface area contributed by atoms with Gasteiger partial charge < -0.3 is 20.6 Å². The van der Waals surface area contributed by atoms with Gasteiger partial charge >= 0.3 is 0 Å².